The Morgan fingerprint density at radius 1 is 1.39 bits per heavy atom. The van der Waals surface area contributed by atoms with Crippen molar-refractivity contribution in [2.24, 2.45) is 11.8 Å². The molecule has 0 aliphatic heterocycles. The second-order valence-electron chi connectivity index (χ2n) is 4.87. The van der Waals surface area contributed by atoms with E-state index in [1.54, 1.807) is 7.05 Å². The van der Waals surface area contributed by atoms with Gasteiger partial charge in [-0.25, -0.2) is 0 Å². The van der Waals surface area contributed by atoms with Crippen molar-refractivity contribution in [2.45, 2.75) is 25.4 Å². The molecule has 6 nitrogen and oxygen atoms in total. The Balaban J connectivity index is 2.42. The Hall–Kier alpha value is -1.14. The molecule has 6 heteroatoms. The summed E-state index contributed by atoms with van der Waals surface area (Å²) < 4.78 is 4.79. The maximum Gasteiger partial charge on any atom is 0.306 e. The van der Waals surface area contributed by atoms with Gasteiger partial charge in [-0.2, -0.15) is 0 Å². The summed E-state index contributed by atoms with van der Waals surface area (Å²) in [5, 5.41) is 18.4. The fraction of sp³-hybridized carbons (Fsp3) is 0.833. The van der Waals surface area contributed by atoms with Gasteiger partial charge in [0, 0.05) is 26.6 Å². The average molecular weight is 259 g/mol. The topological polar surface area (TPSA) is 87.1 Å². The largest absolute Gasteiger partial charge is 0.481 e. The van der Waals surface area contributed by atoms with Crippen LogP contribution in [0, 0.1) is 11.8 Å². The third-order valence-electron chi connectivity index (χ3n) is 3.35. The summed E-state index contributed by atoms with van der Waals surface area (Å²) in [7, 11) is 3.11. The molecule has 0 aromatic rings. The minimum atomic E-state index is -0.827. The molecular weight excluding hydrogens is 238 g/mol. The van der Waals surface area contributed by atoms with Crippen molar-refractivity contribution < 1.29 is 24.5 Å². The lowest BCUT2D eigenvalue weighted by Crippen LogP contribution is -2.39. The van der Waals surface area contributed by atoms with Crippen molar-refractivity contribution in [2.75, 3.05) is 27.3 Å². The van der Waals surface area contributed by atoms with E-state index in [4.69, 9.17) is 9.84 Å². The van der Waals surface area contributed by atoms with Crippen molar-refractivity contribution in [3.63, 3.8) is 0 Å². The van der Waals surface area contributed by atoms with Crippen LogP contribution in [-0.2, 0) is 14.3 Å². The summed E-state index contributed by atoms with van der Waals surface area (Å²) in [6.45, 7) is 0.390. The van der Waals surface area contributed by atoms with E-state index in [-0.39, 0.29) is 25.0 Å². The summed E-state index contributed by atoms with van der Waals surface area (Å²) in [5.41, 5.74) is 0. The molecule has 1 fully saturated rings. The predicted octanol–water partition coefficient (Wildman–Crippen LogP) is -0.0470. The van der Waals surface area contributed by atoms with E-state index in [2.05, 4.69) is 0 Å². The number of carboxylic acids is 1. The Labute approximate surface area is 107 Å². The van der Waals surface area contributed by atoms with Gasteiger partial charge in [0.15, 0.2) is 0 Å². The van der Waals surface area contributed by atoms with Gasteiger partial charge < -0.3 is 19.8 Å². The molecule has 1 aliphatic carbocycles. The highest BCUT2D eigenvalue weighted by Crippen LogP contribution is 2.32. The van der Waals surface area contributed by atoms with E-state index >= 15 is 0 Å². The molecular formula is C12H21NO5. The van der Waals surface area contributed by atoms with Gasteiger partial charge in [0.1, 0.15) is 0 Å². The summed E-state index contributed by atoms with van der Waals surface area (Å²) in [6.07, 6.45) is 0.861. The number of carbonyl (C=O) groups excluding carboxylic acids is 1. The highest BCUT2D eigenvalue weighted by atomic mass is 16.5. The Morgan fingerprint density at radius 2 is 2.00 bits per heavy atom. The molecule has 0 spiro atoms. The number of ether oxygens (including phenoxy) is 1. The van der Waals surface area contributed by atoms with E-state index in [9.17, 15) is 14.7 Å². The van der Waals surface area contributed by atoms with Crippen molar-refractivity contribution >= 4 is 11.9 Å². The van der Waals surface area contributed by atoms with Crippen LogP contribution in [0.5, 0.6) is 0 Å². The number of hydrogen-bond acceptors (Lipinski definition) is 4. The lowest BCUT2D eigenvalue weighted by atomic mass is 10.0. The molecule has 1 rings (SSSR count). The van der Waals surface area contributed by atoms with Crippen molar-refractivity contribution in [1.82, 2.24) is 4.90 Å². The number of nitrogens with zero attached hydrogens (tertiary/aromatic N) is 1. The lowest BCUT2D eigenvalue weighted by Gasteiger charge is -2.23. The number of methoxy groups -OCH3 is 1. The minimum absolute atomic E-state index is 0.0890. The third kappa shape index (κ3) is 3.96. The zero-order chi connectivity index (χ0) is 13.7. The van der Waals surface area contributed by atoms with Gasteiger partial charge in [-0.3, -0.25) is 9.59 Å². The van der Waals surface area contributed by atoms with Gasteiger partial charge in [-0.1, -0.05) is 0 Å². The highest BCUT2D eigenvalue weighted by Gasteiger charge is 2.35. The molecule has 0 heterocycles. The minimum Gasteiger partial charge on any atom is -0.481 e. The van der Waals surface area contributed by atoms with Gasteiger partial charge >= 0.3 is 5.97 Å². The molecule has 0 saturated heterocycles. The number of aliphatic hydroxyl groups excluding tert-OH is 1. The number of carboxylic acid groups (broad SMARTS) is 1. The molecule has 0 aromatic heterocycles. The maximum absolute atomic E-state index is 12.0. The zero-order valence-corrected chi connectivity index (χ0v) is 10.8. The maximum atomic E-state index is 12.0. The molecule has 0 radical (unpaired) electrons. The summed E-state index contributed by atoms with van der Waals surface area (Å²) in [4.78, 5) is 24.3. The van der Waals surface area contributed by atoms with Gasteiger partial charge in [0.05, 0.1) is 18.6 Å². The van der Waals surface area contributed by atoms with E-state index in [1.165, 1.54) is 12.0 Å². The van der Waals surface area contributed by atoms with E-state index < -0.39 is 18.0 Å². The fourth-order valence-electron chi connectivity index (χ4n) is 2.39. The van der Waals surface area contributed by atoms with Crippen LogP contribution in [-0.4, -0.2) is 60.4 Å². The van der Waals surface area contributed by atoms with Crippen molar-refractivity contribution in [1.29, 1.82) is 0 Å². The standard InChI is InChI=1S/C12H21NO5/c1-13(6-10(14)7-18-2)11(15)8-3-4-9(5-8)12(16)17/h8-10,14H,3-7H2,1-2H3,(H,16,17)/t8-,9+,10?/m1/s1. The SMILES string of the molecule is COCC(O)CN(C)C(=O)[C@@H]1CC[C@H](C(=O)O)C1. The fourth-order valence-corrected chi connectivity index (χ4v) is 2.39. The second-order valence-corrected chi connectivity index (χ2v) is 4.87. The number of carbonyl (C=O) groups is 2. The molecule has 1 saturated carbocycles. The highest BCUT2D eigenvalue weighted by molar-refractivity contribution is 5.80. The Kier molecular flexibility index (Phi) is 5.55. The predicted molar refractivity (Wildman–Crippen MR) is 64.0 cm³/mol. The van der Waals surface area contributed by atoms with Crippen molar-refractivity contribution in [3.05, 3.63) is 0 Å². The van der Waals surface area contributed by atoms with Crippen molar-refractivity contribution in [3.8, 4) is 0 Å². The first-order valence-corrected chi connectivity index (χ1v) is 6.10. The molecule has 2 N–H and O–H groups in total. The summed E-state index contributed by atoms with van der Waals surface area (Å²) in [6, 6.07) is 0. The van der Waals surface area contributed by atoms with Crippen LogP contribution < -0.4 is 0 Å². The third-order valence-corrected chi connectivity index (χ3v) is 3.35. The van der Waals surface area contributed by atoms with Gasteiger partial charge in [-0.05, 0) is 19.3 Å². The van der Waals surface area contributed by atoms with E-state index in [0.29, 0.717) is 19.3 Å². The first-order valence-electron chi connectivity index (χ1n) is 6.10. The second kappa shape index (κ2) is 6.70. The number of amides is 1. The first-order chi connectivity index (χ1) is 8.45. The smallest absolute Gasteiger partial charge is 0.306 e. The quantitative estimate of drug-likeness (QED) is 0.698. The molecule has 0 aromatic carbocycles. The molecule has 18 heavy (non-hydrogen) atoms. The summed E-state index contributed by atoms with van der Waals surface area (Å²) >= 11 is 0. The number of aliphatic carboxylic acids is 1. The zero-order valence-electron chi connectivity index (χ0n) is 10.8. The monoisotopic (exact) mass is 259 g/mol. The van der Waals surface area contributed by atoms with Crippen LogP contribution in [0.1, 0.15) is 19.3 Å². The molecule has 104 valence electrons. The number of likely N-dealkylation sites (N-methyl/N-ethyl adjacent to an activating group) is 1. The summed E-state index contributed by atoms with van der Waals surface area (Å²) in [5.74, 6) is -1.55. The van der Waals surface area contributed by atoms with Gasteiger partial charge in [0.2, 0.25) is 5.91 Å². The van der Waals surface area contributed by atoms with Crippen LogP contribution in [0.15, 0.2) is 0 Å². The average Bonchev–Trinajstić information content (AvgIpc) is 2.77. The van der Waals surface area contributed by atoms with Crippen LogP contribution in [0.4, 0.5) is 0 Å². The Morgan fingerprint density at radius 3 is 2.50 bits per heavy atom. The molecule has 0 bridgehead atoms. The molecule has 1 unspecified atom stereocenters. The molecule has 3 atom stereocenters. The molecule has 1 aliphatic rings. The normalized spacial score (nSPS) is 24.8. The van der Waals surface area contributed by atoms with E-state index in [1.807, 2.05) is 0 Å². The van der Waals surface area contributed by atoms with Crippen LogP contribution >= 0.6 is 0 Å². The van der Waals surface area contributed by atoms with Gasteiger partial charge in [0.25, 0.3) is 0 Å². The van der Waals surface area contributed by atoms with E-state index in [0.717, 1.165) is 0 Å². The van der Waals surface area contributed by atoms with Crippen LogP contribution in [0.3, 0.4) is 0 Å². The number of aliphatic hydroxyl groups is 1. The van der Waals surface area contributed by atoms with Crippen LogP contribution in [0.2, 0.25) is 0 Å². The Bertz CT molecular complexity index is 307. The lowest BCUT2D eigenvalue weighted by molar-refractivity contribution is -0.141. The number of hydrogen-bond donors (Lipinski definition) is 2. The molecule has 1 amide bonds. The van der Waals surface area contributed by atoms with Crippen LogP contribution in [0.25, 0.3) is 0 Å². The number of rotatable bonds is 6. The van der Waals surface area contributed by atoms with Gasteiger partial charge in [-0.15, -0.1) is 0 Å². The first kappa shape index (κ1) is 14.9.